The van der Waals surface area contributed by atoms with Crippen molar-refractivity contribution >= 4 is 5.91 Å². The summed E-state index contributed by atoms with van der Waals surface area (Å²) in [6.07, 6.45) is 7.51. The summed E-state index contributed by atoms with van der Waals surface area (Å²) in [6, 6.07) is 0. The molecule has 0 saturated carbocycles. The lowest BCUT2D eigenvalue weighted by atomic mass is 10.1. The summed E-state index contributed by atoms with van der Waals surface area (Å²) >= 11 is 0. The van der Waals surface area contributed by atoms with Crippen molar-refractivity contribution in [2.75, 3.05) is 13.1 Å². The number of carbonyl (C=O) groups excluding carboxylic acids is 1. The fourth-order valence-corrected chi connectivity index (χ4v) is 3.26. The van der Waals surface area contributed by atoms with Gasteiger partial charge in [-0.1, -0.05) is 6.92 Å². The van der Waals surface area contributed by atoms with E-state index >= 15 is 0 Å². The number of hydrogen-bond acceptors (Lipinski definition) is 3. The van der Waals surface area contributed by atoms with Crippen molar-refractivity contribution < 1.29 is 4.79 Å². The van der Waals surface area contributed by atoms with Crippen LogP contribution < -0.4 is 0 Å². The third kappa shape index (κ3) is 2.77. The van der Waals surface area contributed by atoms with E-state index in [1.165, 1.54) is 0 Å². The molecule has 1 unspecified atom stereocenters. The van der Waals surface area contributed by atoms with Crippen LogP contribution in [0.3, 0.4) is 0 Å². The molecule has 118 valence electrons. The van der Waals surface area contributed by atoms with Crippen molar-refractivity contribution in [3.05, 3.63) is 35.9 Å². The van der Waals surface area contributed by atoms with E-state index in [1.807, 2.05) is 35.8 Å². The molecule has 1 aliphatic rings. The number of likely N-dealkylation sites (tertiary alicyclic amines) is 1. The Morgan fingerprint density at radius 3 is 2.95 bits per heavy atom. The van der Waals surface area contributed by atoms with Gasteiger partial charge in [0.2, 0.25) is 5.91 Å². The van der Waals surface area contributed by atoms with Crippen LogP contribution in [0.4, 0.5) is 0 Å². The minimum absolute atomic E-state index is 0.168. The minimum atomic E-state index is 0.168. The Morgan fingerprint density at radius 1 is 1.45 bits per heavy atom. The van der Waals surface area contributed by atoms with E-state index in [9.17, 15) is 4.79 Å². The molecule has 6 heteroatoms. The van der Waals surface area contributed by atoms with Gasteiger partial charge >= 0.3 is 0 Å². The number of hydrogen-bond donors (Lipinski definition) is 0. The first kappa shape index (κ1) is 14.8. The van der Waals surface area contributed by atoms with Crippen LogP contribution >= 0.6 is 0 Å². The zero-order valence-electron chi connectivity index (χ0n) is 13.5. The molecule has 3 rings (SSSR count). The van der Waals surface area contributed by atoms with Crippen LogP contribution in [-0.2, 0) is 24.8 Å². The van der Waals surface area contributed by atoms with E-state index in [4.69, 9.17) is 0 Å². The van der Waals surface area contributed by atoms with Gasteiger partial charge in [-0.2, -0.15) is 0 Å². The van der Waals surface area contributed by atoms with Gasteiger partial charge in [-0.15, -0.1) is 0 Å². The molecular formula is C16H23N5O. The first-order valence-electron chi connectivity index (χ1n) is 7.86. The monoisotopic (exact) mass is 301 g/mol. The molecule has 3 heterocycles. The Morgan fingerprint density at radius 2 is 2.27 bits per heavy atom. The molecule has 6 nitrogen and oxygen atoms in total. The summed E-state index contributed by atoms with van der Waals surface area (Å²) in [5, 5.41) is 0. The average Bonchev–Trinajstić information content (AvgIpc) is 3.18. The molecule has 0 spiro atoms. The first-order valence-corrected chi connectivity index (χ1v) is 7.86. The third-order valence-corrected chi connectivity index (χ3v) is 4.36. The first-order chi connectivity index (χ1) is 10.6. The Bertz CT molecular complexity index is 672. The summed E-state index contributed by atoms with van der Waals surface area (Å²) in [4.78, 5) is 23.3. The van der Waals surface area contributed by atoms with E-state index in [2.05, 4.69) is 21.5 Å². The minimum Gasteiger partial charge on any atom is -0.340 e. The van der Waals surface area contributed by atoms with Gasteiger partial charge < -0.3 is 14.0 Å². The van der Waals surface area contributed by atoms with Crippen molar-refractivity contribution in [3.8, 4) is 0 Å². The molecule has 1 aliphatic heterocycles. The van der Waals surface area contributed by atoms with Crippen molar-refractivity contribution in [3.63, 3.8) is 0 Å². The van der Waals surface area contributed by atoms with Crippen LogP contribution in [0.1, 0.15) is 36.6 Å². The van der Waals surface area contributed by atoms with Crippen LogP contribution in [0.15, 0.2) is 18.6 Å². The fraction of sp³-hybridized carbons (Fsp3) is 0.562. The van der Waals surface area contributed by atoms with Crippen LogP contribution in [0.5, 0.6) is 0 Å². The molecule has 0 bridgehead atoms. The molecule has 0 aromatic carbocycles. The number of rotatable bonds is 4. The maximum absolute atomic E-state index is 12.5. The highest BCUT2D eigenvalue weighted by atomic mass is 16.2. The van der Waals surface area contributed by atoms with Gasteiger partial charge in [0.05, 0.1) is 5.69 Å². The molecule has 2 aromatic rings. The lowest BCUT2D eigenvalue weighted by Gasteiger charge is -2.17. The Balaban J connectivity index is 1.65. The molecule has 0 aliphatic carbocycles. The third-order valence-electron chi connectivity index (χ3n) is 4.36. The highest BCUT2D eigenvalue weighted by molar-refractivity contribution is 5.76. The number of aromatic nitrogens is 4. The lowest BCUT2D eigenvalue weighted by molar-refractivity contribution is -0.130. The standard InChI is InChI=1S/C16H23N5O/c1-4-14-17-6-8-20(14)11-15(22)21-7-5-13(10-21)16-18-12(2)9-19(16)3/h6,8-9,13H,4-5,7,10-11H2,1-3H3. The maximum Gasteiger partial charge on any atom is 0.242 e. The summed E-state index contributed by atoms with van der Waals surface area (Å²) in [5.74, 6) is 2.56. The number of carbonyl (C=O) groups is 1. The predicted molar refractivity (Wildman–Crippen MR) is 83.5 cm³/mol. The molecule has 1 atom stereocenters. The van der Waals surface area contributed by atoms with Crippen molar-refractivity contribution in [2.45, 2.75) is 39.2 Å². The zero-order valence-corrected chi connectivity index (χ0v) is 13.5. The second-order valence-corrected chi connectivity index (χ2v) is 6.00. The molecule has 22 heavy (non-hydrogen) atoms. The van der Waals surface area contributed by atoms with E-state index in [-0.39, 0.29) is 5.91 Å². The number of aryl methyl sites for hydroxylation is 3. The van der Waals surface area contributed by atoms with Gasteiger partial charge in [-0.3, -0.25) is 4.79 Å². The Labute approximate surface area is 130 Å². The highest BCUT2D eigenvalue weighted by Crippen LogP contribution is 2.26. The van der Waals surface area contributed by atoms with Gasteiger partial charge in [0.15, 0.2) is 0 Å². The van der Waals surface area contributed by atoms with Crippen LogP contribution in [-0.4, -0.2) is 43.0 Å². The van der Waals surface area contributed by atoms with Crippen molar-refractivity contribution in [2.24, 2.45) is 7.05 Å². The maximum atomic E-state index is 12.5. The Hall–Kier alpha value is -2.11. The largest absolute Gasteiger partial charge is 0.340 e. The topological polar surface area (TPSA) is 56.0 Å². The second-order valence-electron chi connectivity index (χ2n) is 6.00. The van der Waals surface area contributed by atoms with Crippen LogP contribution in [0.25, 0.3) is 0 Å². The zero-order chi connectivity index (χ0) is 15.7. The molecule has 1 fully saturated rings. The van der Waals surface area contributed by atoms with Crippen LogP contribution in [0, 0.1) is 6.92 Å². The SMILES string of the molecule is CCc1nccn1CC(=O)N1CCC(c2nc(C)cn2C)C1. The molecule has 2 aromatic heterocycles. The Kier molecular flexibility index (Phi) is 4.00. The predicted octanol–water partition coefficient (Wildman–Crippen LogP) is 1.50. The number of nitrogens with zero attached hydrogens (tertiary/aromatic N) is 5. The normalized spacial score (nSPS) is 18.1. The summed E-state index contributed by atoms with van der Waals surface area (Å²) < 4.78 is 4.03. The second kappa shape index (κ2) is 5.94. The highest BCUT2D eigenvalue weighted by Gasteiger charge is 2.30. The van der Waals surface area contributed by atoms with Gasteiger partial charge in [-0.25, -0.2) is 9.97 Å². The van der Waals surface area contributed by atoms with Gasteiger partial charge in [0.1, 0.15) is 18.2 Å². The van der Waals surface area contributed by atoms with Gasteiger partial charge in [0.25, 0.3) is 0 Å². The van der Waals surface area contributed by atoms with E-state index in [0.717, 1.165) is 43.3 Å². The number of amides is 1. The lowest BCUT2D eigenvalue weighted by Crippen LogP contribution is -2.32. The van der Waals surface area contributed by atoms with Gasteiger partial charge in [0, 0.05) is 51.1 Å². The summed E-state index contributed by atoms with van der Waals surface area (Å²) in [7, 11) is 2.03. The van der Waals surface area contributed by atoms with Crippen molar-refractivity contribution in [1.29, 1.82) is 0 Å². The fourth-order valence-electron chi connectivity index (χ4n) is 3.26. The van der Waals surface area contributed by atoms with E-state index < -0.39 is 0 Å². The van der Waals surface area contributed by atoms with E-state index in [0.29, 0.717) is 12.5 Å². The van der Waals surface area contributed by atoms with E-state index in [1.54, 1.807) is 6.20 Å². The number of imidazole rings is 2. The molecule has 0 N–H and O–H groups in total. The summed E-state index contributed by atoms with van der Waals surface area (Å²) in [6.45, 7) is 6.02. The van der Waals surface area contributed by atoms with Crippen molar-refractivity contribution in [1.82, 2.24) is 24.0 Å². The molecule has 0 radical (unpaired) electrons. The smallest absolute Gasteiger partial charge is 0.242 e. The molecule has 1 amide bonds. The molecule has 1 saturated heterocycles. The quantitative estimate of drug-likeness (QED) is 0.860. The molecular weight excluding hydrogens is 278 g/mol. The average molecular weight is 301 g/mol. The summed E-state index contributed by atoms with van der Waals surface area (Å²) in [5.41, 5.74) is 1.04. The van der Waals surface area contributed by atoms with Gasteiger partial charge in [-0.05, 0) is 13.3 Å². The van der Waals surface area contributed by atoms with Crippen LogP contribution in [0.2, 0.25) is 0 Å².